The summed E-state index contributed by atoms with van der Waals surface area (Å²) in [6, 6.07) is 7.22. The molecule has 1 N–H and O–H groups in total. The second kappa shape index (κ2) is 5.28. The van der Waals surface area contributed by atoms with Crippen LogP contribution in [0.5, 0.6) is 0 Å². The lowest BCUT2D eigenvalue weighted by Gasteiger charge is -2.32. The molecule has 1 aliphatic rings. The van der Waals surface area contributed by atoms with Gasteiger partial charge in [-0.1, -0.05) is 11.6 Å². The first-order valence-electron chi connectivity index (χ1n) is 5.79. The lowest BCUT2D eigenvalue weighted by atomic mass is 9.98. The van der Waals surface area contributed by atoms with Gasteiger partial charge in [0.25, 0.3) is 0 Å². The largest absolute Gasteiger partial charge is 0.481 e. The first-order chi connectivity index (χ1) is 8.61. The van der Waals surface area contributed by atoms with Gasteiger partial charge in [0.15, 0.2) is 0 Å². The minimum absolute atomic E-state index is 0.326. The molecule has 1 atom stereocenters. The van der Waals surface area contributed by atoms with Crippen molar-refractivity contribution in [1.29, 1.82) is 5.26 Å². The molecular weight excluding hydrogens is 252 g/mol. The maximum absolute atomic E-state index is 11.0. The molecule has 1 saturated heterocycles. The fourth-order valence-electron chi connectivity index (χ4n) is 2.20. The molecule has 1 aromatic rings. The first-order valence-corrected chi connectivity index (χ1v) is 6.17. The van der Waals surface area contributed by atoms with Crippen LogP contribution in [0.4, 0.5) is 5.69 Å². The molecule has 1 aromatic carbocycles. The Morgan fingerprint density at radius 3 is 2.94 bits per heavy atom. The first kappa shape index (κ1) is 12.7. The maximum Gasteiger partial charge on any atom is 0.308 e. The number of rotatable bonds is 2. The van der Waals surface area contributed by atoms with E-state index in [1.807, 2.05) is 17.0 Å². The van der Waals surface area contributed by atoms with Crippen molar-refractivity contribution in [1.82, 2.24) is 0 Å². The van der Waals surface area contributed by atoms with E-state index in [2.05, 4.69) is 0 Å². The Morgan fingerprint density at radius 2 is 2.33 bits per heavy atom. The number of carboxylic acids is 1. The third-order valence-corrected chi connectivity index (χ3v) is 3.52. The van der Waals surface area contributed by atoms with Crippen LogP contribution in [-0.4, -0.2) is 24.2 Å². The SMILES string of the molecule is N#Cc1ccc(N2CCC[C@@H](C(=O)O)C2)cc1Cl. The molecule has 94 valence electrons. The minimum Gasteiger partial charge on any atom is -0.481 e. The second-order valence-electron chi connectivity index (χ2n) is 4.40. The number of anilines is 1. The van der Waals surface area contributed by atoms with Gasteiger partial charge in [0.1, 0.15) is 6.07 Å². The zero-order valence-electron chi connectivity index (χ0n) is 9.77. The average Bonchev–Trinajstić information content (AvgIpc) is 2.38. The molecule has 5 heteroatoms. The number of aliphatic carboxylic acids is 1. The fraction of sp³-hybridized carbons (Fsp3) is 0.385. The topological polar surface area (TPSA) is 64.3 Å². The number of nitriles is 1. The van der Waals surface area contributed by atoms with Gasteiger partial charge in [-0.25, -0.2) is 0 Å². The molecule has 18 heavy (non-hydrogen) atoms. The van der Waals surface area contributed by atoms with E-state index in [9.17, 15) is 4.79 Å². The van der Waals surface area contributed by atoms with Crippen LogP contribution in [0, 0.1) is 17.2 Å². The molecule has 4 nitrogen and oxygen atoms in total. The second-order valence-corrected chi connectivity index (χ2v) is 4.81. The molecule has 1 heterocycles. The molecule has 2 rings (SSSR count). The molecule has 1 fully saturated rings. The zero-order chi connectivity index (χ0) is 13.1. The summed E-state index contributed by atoms with van der Waals surface area (Å²) in [7, 11) is 0. The summed E-state index contributed by atoms with van der Waals surface area (Å²) in [6.45, 7) is 1.32. The van der Waals surface area contributed by atoms with Crippen molar-refractivity contribution >= 4 is 23.3 Å². The van der Waals surface area contributed by atoms with E-state index in [0.717, 1.165) is 25.1 Å². The van der Waals surface area contributed by atoms with Gasteiger partial charge in [0.05, 0.1) is 16.5 Å². The Morgan fingerprint density at radius 1 is 1.56 bits per heavy atom. The molecule has 0 saturated carbocycles. The number of carboxylic acid groups (broad SMARTS) is 1. The van der Waals surface area contributed by atoms with Gasteiger partial charge >= 0.3 is 5.97 Å². The summed E-state index contributed by atoms with van der Waals surface area (Å²) < 4.78 is 0. The van der Waals surface area contributed by atoms with Crippen LogP contribution in [0.3, 0.4) is 0 Å². The van der Waals surface area contributed by atoms with Gasteiger partial charge in [0.2, 0.25) is 0 Å². The minimum atomic E-state index is -0.751. The van der Waals surface area contributed by atoms with Gasteiger partial charge < -0.3 is 10.0 Å². The smallest absolute Gasteiger partial charge is 0.308 e. The Bertz CT molecular complexity index is 510. The third-order valence-electron chi connectivity index (χ3n) is 3.21. The number of hydrogen-bond acceptors (Lipinski definition) is 3. The highest BCUT2D eigenvalue weighted by atomic mass is 35.5. The van der Waals surface area contributed by atoms with E-state index < -0.39 is 5.97 Å². The summed E-state index contributed by atoms with van der Waals surface area (Å²) in [6.07, 6.45) is 1.57. The van der Waals surface area contributed by atoms with E-state index in [0.29, 0.717) is 17.1 Å². The van der Waals surface area contributed by atoms with Gasteiger partial charge in [-0.05, 0) is 31.0 Å². The molecule has 0 spiro atoms. The third kappa shape index (κ3) is 2.57. The van der Waals surface area contributed by atoms with Gasteiger partial charge in [0, 0.05) is 18.8 Å². The number of nitrogens with zero attached hydrogens (tertiary/aromatic N) is 2. The number of halogens is 1. The summed E-state index contributed by atoms with van der Waals surface area (Å²) in [5, 5.41) is 18.3. The molecule has 0 bridgehead atoms. The molecule has 1 aliphatic heterocycles. The number of carbonyl (C=O) groups is 1. The molecule has 0 aromatic heterocycles. The van der Waals surface area contributed by atoms with Crippen molar-refractivity contribution in [2.75, 3.05) is 18.0 Å². The van der Waals surface area contributed by atoms with E-state index in [1.165, 1.54) is 0 Å². The average molecular weight is 265 g/mol. The van der Waals surface area contributed by atoms with Gasteiger partial charge in [-0.3, -0.25) is 4.79 Å². The summed E-state index contributed by atoms with van der Waals surface area (Å²) in [4.78, 5) is 13.0. The summed E-state index contributed by atoms with van der Waals surface area (Å²) in [5.74, 6) is -1.08. The van der Waals surface area contributed by atoms with Gasteiger partial charge in [-0.15, -0.1) is 0 Å². The summed E-state index contributed by atoms with van der Waals surface area (Å²) >= 11 is 5.98. The normalized spacial score (nSPS) is 19.3. The highest BCUT2D eigenvalue weighted by Gasteiger charge is 2.25. The molecule has 0 aliphatic carbocycles. The lowest BCUT2D eigenvalue weighted by molar-refractivity contribution is -0.141. The predicted octanol–water partition coefficient (Wildman–Crippen LogP) is 2.51. The van der Waals surface area contributed by atoms with Crippen LogP contribution in [0.1, 0.15) is 18.4 Å². The molecular formula is C13H13ClN2O2. The van der Waals surface area contributed by atoms with Crippen molar-refractivity contribution in [2.24, 2.45) is 5.92 Å². The predicted molar refractivity (Wildman–Crippen MR) is 68.7 cm³/mol. The van der Waals surface area contributed by atoms with Crippen molar-refractivity contribution in [3.8, 4) is 6.07 Å². The summed E-state index contributed by atoms with van der Waals surface area (Å²) in [5.41, 5.74) is 1.32. The number of hydrogen-bond donors (Lipinski definition) is 1. The van der Waals surface area contributed by atoms with Crippen molar-refractivity contribution < 1.29 is 9.90 Å². The van der Waals surface area contributed by atoms with Crippen molar-refractivity contribution in [2.45, 2.75) is 12.8 Å². The van der Waals surface area contributed by atoms with Crippen LogP contribution in [0.25, 0.3) is 0 Å². The number of benzene rings is 1. The Labute approximate surface area is 110 Å². The van der Waals surface area contributed by atoms with E-state index in [-0.39, 0.29) is 5.92 Å². The van der Waals surface area contributed by atoms with Crippen LogP contribution >= 0.6 is 11.6 Å². The number of piperidine rings is 1. The zero-order valence-corrected chi connectivity index (χ0v) is 10.5. The monoisotopic (exact) mass is 264 g/mol. The van der Waals surface area contributed by atoms with E-state index >= 15 is 0 Å². The van der Waals surface area contributed by atoms with Crippen LogP contribution in [-0.2, 0) is 4.79 Å². The van der Waals surface area contributed by atoms with Crippen LogP contribution < -0.4 is 4.90 Å². The van der Waals surface area contributed by atoms with Crippen LogP contribution in [0.2, 0.25) is 5.02 Å². The van der Waals surface area contributed by atoms with Crippen LogP contribution in [0.15, 0.2) is 18.2 Å². The maximum atomic E-state index is 11.0. The molecule has 0 amide bonds. The highest BCUT2D eigenvalue weighted by Crippen LogP contribution is 2.27. The fourth-order valence-corrected chi connectivity index (χ4v) is 2.42. The Balaban J connectivity index is 2.19. The quantitative estimate of drug-likeness (QED) is 0.891. The van der Waals surface area contributed by atoms with E-state index in [4.69, 9.17) is 22.0 Å². The van der Waals surface area contributed by atoms with Crippen molar-refractivity contribution in [3.63, 3.8) is 0 Å². The van der Waals surface area contributed by atoms with E-state index in [1.54, 1.807) is 12.1 Å². The molecule has 0 radical (unpaired) electrons. The Kier molecular flexibility index (Phi) is 3.73. The Hall–Kier alpha value is -1.73. The highest BCUT2D eigenvalue weighted by molar-refractivity contribution is 6.32. The lowest BCUT2D eigenvalue weighted by Crippen LogP contribution is -2.38. The standard InChI is InChI=1S/C13H13ClN2O2/c14-12-6-11(4-3-9(12)7-15)16-5-1-2-10(8-16)13(17)18/h3-4,6,10H,1-2,5,8H2,(H,17,18)/t10-/m1/s1. The van der Waals surface area contributed by atoms with Gasteiger partial charge in [-0.2, -0.15) is 5.26 Å². The molecule has 0 unspecified atom stereocenters. The van der Waals surface area contributed by atoms with Crippen molar-refractivity contribution in [3.05, 3.63) is 28.8 Å².